The standard InChI is InChI=1S/C25H25N3O4S2/c29-23(13-12-19-7-2-1-3-8-19)28-16-14-20(15-17-28)25(30)26-21-9-4-5-10-22(21)27-34(31,32)24-11-6-18-33-24/h1-13,18,20,27H,14-17H2,(H,26,30)/b13-12+. The lowest BCUT2D eigenvalue weighted by molar-refractivity contribution is -0.130. The zero-order chi connectivity index (χ0) is 24.0. The maximum atomic E-state index is 12.9. The fraction of sp³-hybridized carbons (Fsp3) is 0.200. The highest BCUT2D eigenvalue weighted by atomic mass is 32.2. The van der Waals surface area contributed by atoms with Crippen LogP contribution in [0.4, 0.5) is 11.4 Å². The molecule has 2 aromatic carbocycles. The molecule has 176 valence electrons. The maximum absolute atomic E-state index is 12.9. The molecule has 1 saturated heterocycles. The lowest BCUT2D eigenvalue weighted by Crippen LogP contribution is -2.40. The Hall–Kier alpha value is -3.43. The SMILES string of the molecule is O=C(Nc1ccccc1NS(=O)(=O)c1cccs1)C1CCN(C(=O)/C=C/c2ccccc2)CC1. The summed E-state index contributed by atoms with van der Waals surface area (Å²) in [6, 6.07) is 19.5. The van der Waals surface area contributed by atoms with Gasteiger partial charge in [-0.05, 0) is 48.1 Å². The van der Waals surface area contributed by atoms with Gasteiger partial charge in [0.25, 0.3) is 10.0 Å². The third-order valence-electron chi connectivity index (χ3n) is 5.58. The summed E-state index contributed by atoms with van der Waals surface area (Å²) < 4.78 is 27.9. The topological polar surface area (TPSA) is 95.6 Å². The highest BCUT2D eigenvalue weighted by Crippen LogP contribution is 2.28. The Morgan fingerprint density at radius 1 is 0.912 bits per heavy atom. The zero-order valence-corrected chi connectivity index (χ0v) is 20.0. The van der Waals surface area contributed by atoms with Gasteiger partial charge in [-0.25, -0.2) is 8.42 Å². The predicted molar refractivity (Wildman–Crippen MR) is 135 cm³/mol. The number of amides is 2. The molecule has 2 N–H and O–H groups in total. The van der Waals surface area contributed by atoms with Crippen LogP contribution in [0.1, 0.15) is 18.4 Å². The first-order valence-corrected chi connectivity index (χ1v) is 13.3. The molecule has 1 aliphatic heterocycles. The number of hydrogen-bond acceptors (Lipinski definition) is 5. The fourth-order valence-corrected chi connectivity index (χ4v) is 5.80. The molecular weight excluding hydrogens is 470 g/mol. The largest absolute Gasteiger partial charge is 0.339 e. The number of nitrogens with zero attached hydrogens (tertiary/aromatic N) is 1. The van der Waals surface area contributed by atoms with Gasteiger partial charge in [0.05, 0.1) is 11.4 Å². The van der Waals surface area contributed by atoms with Crippen molar-refractivity contribution in [3.63, 3.8) is 0 Å². The predicted octanol–water partition coefficient (Wildman–Crippen LogP) is 4.44. The Morgan fingerprint density at radius 2 is 1.59 bits per heavy atom. The minimum Gasteiger partial charge on any atom is -0.339 e. The Bertz CT molecular complexity index is 1260. The van der Waals surface area contributed by atoms with E-state index in [1.54, 1.807) is 52.8 Å². The van der Waals surface area contributed by atoms with E-state index >= 15 is 0 Å². The Labute approximate surface area is 203 Å². The van der Waals surface area contributed by atoms with Crippen LogP contribution in [0, 0.1) is 5.92 Å². The van der Waals surface area contributed by atoms with Gasteiger partial charge < -0.3 is 10.2 Å². The fourth-order valence-electron chi connectivity index (χ4n) is 3.73. The van der Waals surface area contributed by atoms with Gasteiger partial charge in [-0.3, -0.25) is 14.3 Å². The molecule has 0 bridgehead atoms. The Morgan fingerprint density at radius 3 is 2.26 bits per heavy atom. The van der Waals surface area contributed by atoms with Crippen molar-refractivity contribution in [1.29, 1.82) is 0 Å². The molecule has 7 nitrogen and oxygen atoms in total. The Kier molecular flexibility index (Phi) is 7.44. The molecule has 0 spiro atoms. The molecule has 3 aromatic rings. The highest BCUT2D eigenvalue weighted by Gasteiger charge is 2.27. The van der Waals surface area contributed by atoms with E-state index in [0.717, 1.165) is 16.9 Å². The number of rotatable bonds is 7. The van der Waals surface area contributed by atoms with Crippen LogP contribution in [0.3, 0.4) is 0 Å². The van der Waals surface area contributed by atoms with E-state index in [4.69, 9.17) is 0 Å². The number of anilines is 2. The van der Waals surface area contributed by atoms with Crippen LogP contribution in [0.15, 0.2) is 82.4 Å². The van der Waals surface area contributed by atoms with Gasteiger partial charge >= 0.3 is 0 Å². The summed E-state index contributed by atoms with van der Waals surface area (Å²) >= 11 is 1.12. The third kappa shape index (κ3) is 5.92. The number of para-hydroxylation sites is 2. The first kappa shape index (κ1) is 23.7. The van der Waals surface area contributed by atoms with Crippen molar-refractivity contribution >= 4 is 50.6 Å². The number of piperidine rings is 1. The molecule has 0 unspecified atom stereocenters. The van der Waals surface area contributed by atoms with Crippen LogP contribution in [0.5, 0.6) is 0 Å². The molecule has 9 heteroatoms. The van der Waals surface area contributed by atoms with Crippen LogP contribution in [-0.4, -0.2) is 38.2 Å². The lowest BCUT2D eigenvalue weighted by Gasteiger charge is -2.30. The van der Waals surface area contributed by atoms with Gasteiger partial charge in [0.15, 0.2) is 0 Å². The van der Waals surface area contributed by atoms with E-state index in [2.05, 4.69) is 10.0 Å². The van der Waals surface area contributed by atoms with E-state index in [1.807, 2.05) is 30.3 Å². The van der Waals surface area contributed by atoms with E-state index in [1.165, 1.54) is 6.07 Å². The lowest BCUT2D eigenvalue weighted by atomic mass is 9.95. The van der Waals surface area contributed by atoms with Gasteiger partial charge in [-0.15, -0.1) is 11.3 Å². The van der Waals surface area contributed by atoms with Crippen molar-refractivity contribution in [1.82, 2.24) is 4.90 Å². The van der Waals surface area contributed by atoms with E-state index in [0.29, 0.717) is 37.3 Å². The summed E-state index contributed by atoms with van der Waals surface area (Å²) in [6.45, 7) is 0.978. The van der Waals surface area contributed by atoms with Crippen molar-refractivity contribution in [2.75, 3.05) is 23.1 Å². The van der Waals surface area contributed by atoms with Crippen molar-refractivity contribution in [2.45, 2.75) is 17.1 Å². The minimum atomic E-state index is -3.73. The van der Waals surface area contributed by atoms with Crippen molar-refractivity contribution < 1.29 is 18.0 Å². The molecule has 0 atom stereocenters. The average molecular weight is 496 g/mol. The first-order chi connectivity index (χ1) is 16.4. The number of likely N-dealkylation sites (tertiary alicyclic amines) is 1. The number of nitrogens with one attached hydrogen (secondary N) is 2. The van der Waals surface area contributed by atoms with Crippen molar-refractivity contribution in [3.05, 3.63) is 83.7 Å². The van der Waals surface area contributed by atoms with Gasteiger partial charge in [0.2, 0.25) is 11.8 Å². The average Bonchev–Trinajstić information content (AvgIpc) is 3.41. The molecule has 1 aromatic heterocycles. The molecule has 0 aliphatic carbocycles. The van der Waals surface area contributed by atoms with Crippen LogP contribution in [-0.2, 0) is 19.6 Å². The number of carbonyl (C=O) groups is 2. The quantitative estimate of drug-likeness (QED) is 0.474. The van der Waals surface area contributed by atoms with Gasteiger partial charge in [0.1, 0.15) is 4.21 Å². The second-order valence-electron chi connectivity index (χ2n) is 7.92. The molecule has 0 saturated carbocycles. The second kappa shape index (κ2) is 10.7. The van der Waals surface area contributed by atoms with Gasteiger partial charge in [-0.2, -0.15) is 0 Å². The monoisotopic (exact) mass is 495 g/mol. The minimum absolute atomic E-state index is 0.0731. The van der Waals surface area contributed by atoms with Crippen molar-refractivity contribution in [3.8, 4) is 0 Å². The molecule has 4 rings (SSSR count). The van der Waals surface area contributed by atoms with Gasteiger partial charge in [-0.1, -0.05) is 48.5 Å². The smallest absolute Gasteiger partial charge is 0.271 e. The molecule has 34 heavy (non-hydrogen) atoms. The number of carbonyl (C=O) groups excluding carboxylic acids is 2. The third-order valence-corrected chi connectivity index (χ3v) is 8.35. The van der Waals surface area contributed by atoms with E-state index in [-0.39, 0.29) is 21.9 Å². The summed E-state index contributed by atoms with van der Waals surface area (Å²) in [5.74, 6) is -0.519. The number of thiophene rings is 1. The number of hydrogen-bond donors (Lipinski definition) is 2. The van der Waals surface area contributed by atoms with E-state index in [9.17, 15) is 18.0 Å². The summed E-state index contributed by atoms with van der Waals surface area (Å²) in [5.41, 5.74) is 1.67. The summed E-state index contributed by atoms with van der Waals surface area (Å²) in [4.78, 5) is 27.1. The molecule has 2 heterocycles. The van der Waals surface area contributed by atoms with Crippen molar-refractivity contribution in [2.24, 2.45) is 5.92 Å². The molecule has 2 amide bonds. The highest BCUT2D eigenvalue weighted by molar-refractivity contribution is 7.94. The molecule has 1 aliphatic rings. The Balaban J connectivity index is 1.34. The number of sulfonamides is 1. The molecule has 0 radical (unpaired) electrons. The summed E-state index contributed by atoms with van der Waals surface area (Å²) in [6.07, 6.45) is 4.43. The van der Waals surface area contributed by atoms with Crippen LogP contribution < -0.4 is 10.0 Å². The van der Waals surface area contributed by atoms with Crippen LogP contribution >= 0.6 is 11.3 Å². The second-order valence-corrected chi connectivity index (χ2v) is 10.8. The van der Waals surface area contributed by atoms with Crippen LogP contribution in [0.2, 0.25) is 0 Å². The maximum Gasteiger partial charge on any atom is 0.271 e. The molecular formula is C25H25N3O4S2. The number of benzene rings is 2. The molecule has 1 fully saturated rings. The van der Waals surface area contributed by atoms with E-state index < -0.39 is 10.0 Å². The normalized spacial score (nSPS) is 14.8. The first-order valence-electron chi connectivity index (χ1n) is 10.9. The zero-order valence-electron chi connectivity index (χ0n) is 18.4. The van der Waals surface area contributed by atoms with Crippen LogP contribution in [0.25, 0.3) is 6.08 Å². The summed E-state index contributed by atoms with van der Waals surface area (Å²) in [5, 5.41) is 4.55. The van der Waals surface area contributed by atoms with Gasteiger partial charge in [0, 0.05) is 25.1 Å². The summed E-state index contributed by atoms with van der Waals surface area (Å²) in [7, 11) is -3.73.